The number of ether oxygens (including phenoxy) is 2. The summed E-state index contributed by atoms with van der Waals surface area (Å²) in [5, 5.41) is 12.6. The highest BCUT2D eigenvalue weighted by atomic mass is 16.5. The highest BCUT2D eigenvalue weighted by molar-refractivity contribution is 5.39. The van der Waals surface area contributed by atoms with Gasteiger partial charge in [0.25, 0.3) is 0 Å². The number of methoxy groups -OCH3 is 2. The van der Waals surface area contributed by atoms with Gasteiger partial charge in [-0.25, -0.2) is 4.68 Å². The van der Waals surface area contributed by atoms with Crippen LogP contribution in [0.3, 0.4) is 0 Å². The summed E-state index contributed by atoms with van der Waals surface area (Å²) in [7, 11) is 3.42. The van der Waals surface area contributed by atoms with Crippen LogP contribution in [0.15, 0.2) is 24.3 Å². The molecule has 8 heteroatoms. The van der Waals surface area contributed by atoms with Gasteiger partial charge in [-0.1, -0.05) is 31.0 Å². The van der Waals surface area contributed by atoms with Crippen LogP contribution in [0, 0.1) is 0 Å². The molecular formula is C21H32N6O2. The van der Waals surface area contributed by atoms with E-state index in [1.807, 2.05) is 16.8 Å². The van der Waals surface area contributed by atoms with E-state index in [1.54, 1.807) is 14.2 Å². The van der Waals surface area contributed by atoms with Crippen LogP contribution >= 0.6 is 0 Å². The van der Waals surface area contributed by atoms with Crippen molar-refractivity contribution in [1.29, 1.82) is 0 Å². The Morgan fingerprint density at radius 2 is 1.83 bits per heavy atom. The Labute approximate surface area is 172 Å². The van der Waals surface area contributed by atoms with E-state index in [0.717, 1.165) is 49.4 Å². The topological polar surface area (TPSA) is 68.5 Å². The van der Waals surface area contributed by atoms with E-state index < -0.39 is 0 Å². The van der Waals surface area contributed by atoms with Gasteiger partial charge in [-0.15, -0.1) is 5.10 Å². The van der Waals surface area contributed by atoms with Crippen molar-refractivity contribution in [2.24, 2.45) is 0 Å². The average Bonchev–Trinajstić information content (AvgIpc) is 3.46. The number of aromatic nitrogens is 4. The first kappa shape index (κ1) is 20.3. The molecule has 1 aromatic carbocycles. The molecule has 2 heterocycles. The van der Waals surface area contributed by atoms with E-state index in [-0.39, 0.29) is 6.04 Å². The number of para-hydroxylation sites is 1. The molecular weight excluding hydrogens is 368 g/mol. The molecule has 1 aliphatic heterocycles. The molecule has 2 aliphatic rings. The van der Waals surface area contributed by atoms with Crippen molar-refractivity contribution < 1.29 is 9.47 Å². The summed E-state index contributed by atoms with van der Waals surface area (Å²) in [5.41, 5.74) is 1.11. The molecule has 0 N–H and O–H groups in total. The van der Waals surface area contributed by atoms with Gasteiger partial charge in [-0.3, -0.25) is 9.80 Å². The number of hydrogen-bond donors (Lipinski definition) is 0. The summed E-state index contributed by atoms with van der Waals surface area (Å²) >= 11 is 0. The fourth-order valence-electron chi connectivity index (χ4n) is 4.77. The Balaban J connectivity index is 1.60. The third-order valence-electron chi connectivity index (χ3n) is 6.30. The number of benzene rings is 1. The van der Waals surface area contributed by atoms with Crippen LogP contribution in [0.1, 0.15) is 43.1 Å². The van der Waals surface area contributed by atoms with Crippen LogP contribution in [0.5, 0.6) is 5.75 Å². The molecule has 0 amide bonds. The second-order valence-corrected chi connectivity index (χ2v) is 7.91. The van der Waals surface area contributed by atoms with Gasteiger partial charge in [0.1, 0.15) is 11.8 Å². The first-order chi connectivity index (χ1) is 14.3. The molecule has 2 aromatic rings. The van der Waals surface area contributed by atoms with E-state index in [4.69, 9.17) is 9.47 Å². The largest absolute Gasteiger partial charge is 0.496 e. The maximum absolute atomic E-state index is 5.70. The lowest BCUT2D eigenvalue weighted by molar-refractivity contribution is 0.0756. The number of rotatable bonds is 8. The van der Waals surface area contributed by atoms with Crippen LogP contribution in [-0.2, 0) is 11.3 Å². The summed E-state index contributed by atoms with van der Waals surface area (Å²) in [6.45, 7) is 5.39. The Morgan fingerprint density at radius 3 is 2.55 bits per heavy atom. The van der Waals surface area contributed by atoms with Gasteiger partial charge in [0.15, 0.2) is 5.82 Å². The Kier molecular flexibility index (Phi) is 6.74. The zero-order chi connectivity index (χ0) is 20.1. The lowest BCUT2D eigenvalue weighted by atomic mass is 10.0. The van der Waals surface area contributed by atoms with Gasteiger partial charge >= 0.3 is 0 Å². The molecule has 0 radical (unpaired) electrons. The van der Waals surface area contributed by atoms with E-state index in [0.29, 0.717) is 13.2 Å². The van der Waals surface area contributed by atoms with Gasteiger partial charge in [-0.05, 0) is 29.3 Å². The molecule has 29 heavy (non-hydrogen) atoms. The van der Waals surface area contributed by atoms with Gasteiger partial charge in [0.2, 0.25) is 0 Å². The Morgan fingerprint density at radius 1 is 1.07 bits per heavy atom. The minimum absolute atomic E-state index is 0.0382. The second kappa shape index (κ2) is 9.65. The smallest absolute Gasteiger partial charge is 0.173 e. The quantitative estimate of drug-likeness (QED) is 0.671. The zero-order valence-corrected chi connectivity index (χ0v) is 17.5. The zero-order valence-electron chi connectivity index (χ0n) is 17.5. The summed E-state index contributed by atoms with van der Waals surface area (Å²) in [6.07, 6.45) is 5.46. The van der Waals surface area contributed by atoms with E-state index in [1.165, 1.54) is 25.7 Å². The van der Waals surface area contributed by atoms with Crippen LogP contribution in [0.25, 0.3) is 0 Å². The summed E-state index contributed by atoms with van der Waals surface area (Å²) in [5.74, 6) is 1.72. The molecule has 1 atom stereocenters. The van der Waals surface area contributed by atoms with Gasteiger partial charge in [-0.2, -0.15) is 0 Å². The normalized spacial score (nSPS) is 20.2. The lowest BCUT2D eigenvalue weighted by Crippen LogP contribution is -2.51. The minimum atomic E-state index is -0.0382. The molecule has 4 rings (SSSR count). The van der Waals surface area contributed by atoms with E-state index >= 15 is 0 Å². The van der Waals surface area contributed by atoms with Crippen LogP contribution in [0.2, 0.25) is 0 Å². The van der Waals surface area contributed by atoms with Crippen LogP contribution < -0.4 is 4.74 Å². The molecule has 1 saturated heterocycles. The monoisotopic (exact) mass is 400 g/mol. The van der Waals surface area contributed by atoms with Gasteiger partial charge in [0.05, 0.1) is 20.3 Å². The van der Waals surface area contributed by atoms with E-state index in [2.05, 4.69) is 37.5 Å². The van der Waals surface area contributed by atoms with Crippen LogP contribution in [0.4, 0.5) is 0 Å². The SMILES string of the molecule is COCCn1nnnc1C(c1ccccc1OC)N1CCN(C2CCCC2)CC1. The number of piperazine rings is 1. The first-order valence-electron chi connectivity index (χ1n) is 10.7. The van der Waals surface area contributed by atoms with Gasteiger partial charge < -0.3 is 9.47 Å². The third-order valence-corrected chi connectivity index (χ3v) is 6.30. The highest BCUT2D eigenvalue weighted by Crippen LogP contribution is 2.35. The molecule has 1 saturated carbocycles. The first-order valence-corrected chi connectivity index (χ1v) is 10.7. The van der Waals surface area contributed by atoms with Crippen molar-refractivity contribution >= 4 is 0 Å². The number of hydrogen-bond acceptors (Lipinski definition) is 7. The highest BCUT2D eigenvalue weighted by Gasteiger charge is 2.34. The van der Waals surface area contributed by atoms with Crippen molar-refractivity contribution in [1.82, 2.24) is 30.0 Å². The molecule has 0 bridgehead atoms. The predicted octanol–water partition coefficient (Wildman–Crippen LogP) is 1.98. The van der Waals surface area contributed by atoms with Crippen molar-refractivity contribution in [2.75, 3.05) is 47.0 Å². The van der Waals surface area contributed by atoms with Crippen molar-refractivity contribution in [3.8, 4) is 5.75 Å². The molecule has 2 fully saturated rings. The maximum atomic E-state index is 5.70. The Hall–Kier alpha value is -2.03. The molecule has 1 aromatic heterocycles. The molecule has 1 unspecified atom stereocenters. The number of tetrazole rings is 1. The fraction of sp³-hybridized carbons (Fsp3) is 0.667. The van der Waals surface area contributed by atoms with Crippen molar-refractivity contribution in [2.45, 2.75) is 44.3 Å². The summed E-state index contributed by atoms with van der Waals surface area (Å²) in [4.78, 5) is 5.18. The molecule has 8 nitrogen and oxygen atoms in total. The molecule has 0 spiro atoms. The Bertz CT molecular complexity index is 768. The van der Waals surface area contributed by atoms with E-state index in [9.17, 15) is 0 Å². The number of nitrogens with zero attached hydrogens (tertiary/aromatic N) is 6. The third kappa shape index (κ3) is 4.44. The predicted molar refractivity (Wildman–Crippen MR) is 110 cm³/mol. The van der Waals surface area contributed by atoms with Crippen molar-refractivity contribution in [3.63, 3.8) is 0 Å². The standard InChI is InChI=1S/C21H32N6O2/c1-28-16-15-27-21(22-23-24-27)20(18-9-5-6-10-19(18)29-2)26-13-11-25(12-14-26)17-7-3-4-8-17/h5-6,9-10,17,20H,3-4,7-8,11-16H2,1-2H3. The fourth-order valence-corrected chi connectivity index (χ4v) is 4.77. The average molecular weight is 401 g/mol. The maximum Gasteiger partial charge on any atom is 0.173 e. The van der Waals surface area contributed by atoms with Crippen molar-refractivity contribution in [3.05, 3.63) is 35.7 Å². The summed E-state index contributed by atoms with van der Waals surface area (Å²) < 4.78 is 12.8. The summed E-state index contributed by atoms with van der Waals surface area (Å²) in [6, 6.07) is 8.94. The molecule has 158 valence electrons. The van der Waals surface area contributed by atoms with Crippen LogP contribution in [-0.4, -0.2) is 83.1 Å². The second-order valence-electron chi connectivity index (χ2n) is 7.91. The molecule has 1 aliphatic carbocycles. The van der Waals surface area contributed by atoms with Gasteiger partial charge in [0, 0.05) is 44.9 Å². The lowest BCUT2D eigenvalue weighted by Gasteiger charge is -2.41. The minimum Gasteiger partial charge on any atom is -0.496 e.